The average Bonchev–Trinajstić information content (AvgIpc) is 2.40. The fourth-order valence-electron chi connectivity index (χ4n) is 2.23. The van der Waals surface area contributed by atoms with E-state index in [1.807, 2.05) is 51.1 Å². The maximum absolute atomic E-state index is 12.0. The van der Waals surface area contributed by atoms with Crippen LogP contribution in [0.4, 0.5) is 0 Å². The van der Waals surface area contributed by atoms with Crippen molar-refractivity contribution in [2.75, 3.05) is 19.4 Å². The first-order chi connectivity index (χ1) is 9.35. The van der Waals surface area contributed by atoms with Crippen molar-refractivity contribution in [2.24, 2.45) is 5.92 Å². The Balaban J connectivity index is 2.89. The summed E-state index contributed by atoms with van der Waals surface area (Å²) in [4.78, 5) is 0. The molecule has 114 valence electrons. The van der Waals surface area contributed by atoms with Gasteiger partial charge < -0.3 is 4.74 Å². The Morgan fingerprint density at radius 2 is 1.85 bits per heavy atom. The van der Waals surface area contributed by atoms with Crippen molar-refractivity contribution in [3.8, 4) is 0 Å². The SMILES string of the molecule is CCC(CNS(=O)(=O)CC(C)C)(OC)c1ccccc1. The summed E-state index contributed by atoms with van der Waals surface area (Å²) in [6.45, 7) is 6.02. The third kappa shape index (κ3) is 4.58. The van der Waals surface area contributed by atoms with E-state index >= 15 is 0 Å². The molecule has 1 atom stereocenters. The number of rotatable bonds is 8. The monoisotopic (exact) mass is 299 g/mol. The van der Waals surface area contributed by atoms with Crippen LogP contribution < -0.4 is 4.72 Å². The predicted molar refractivity (Wildman–Crippen MR) is 82.0 cm³/mol. The van der Waals surface area contributed by atoms with Gasteiger partial charge in [0.15, 0.2) is 0 Å². The zero-order chi connectivity index (χ0) is 15.2. The van der Waals surface area contributed by atoms with Crippen LogP contribution in [0.2, 0.25) is 0 Å². The van der Waals surface area contributed by atoms with Crippen molar-refractivity contribution in [2.45, 2.75) is 32.8 Å². The van der Waals surface area contributed by atoms with E-state index < -0.39 is 15.6 Å². The minimum atomic E-state index is -3.27. The number of sulfonamides is 1. The Morgan fingerprint density at radius 3 is 2.30 bits per heavy atom. The Bertz CT molecular complexity index is 493. The van der Waals surface area contributed by atoms with Crippen molar-refractivity contribution in [3.63, 3.8) is 0 Å². The number of hydrogen-bond acceptors (Lipinski definition) is 3. The molecule has 4 nitrogen and oxygen atoms in total. The highest BCUT2D eigenvalue weighted by atomic mass is 32.2. The van der Waals surface area contributed by atoms with Crippen LogP contribution >= 0.6 is 0 Å². The maximum atomic E-state index is 12.0. The molecule has 0 aliphatic heterocycles. The predicted octanol–water partition coefficient (Wildman–Crippen LogP) is 2.51. The number of methoxy groups -OCH3 is 1. The summed E-state index contributed by atoms with van der Waals surface area (Å²) in [6, 6.07) is 9.72. The summed E-state index contributed by atoms with van der Waals surface area (Å²) in [6.07, 6.45) is 0.692. The first-order valence-corrected chi connectivity index (χ1v) is 8.58. The van der Waals surface area contributed by atoms with Crippen LogP contribution in [0.5, 0.6) is 0 Å². The molecule has 0 fully saturated rings. The fourth-order valence-corrected chi connectivity index (χ4v) is 3.68. The molecule has 1 rings (SSSR count). The molecule has 0 aromatic heterocycles. The van der Waals surface area contributed by atoms with Crippen molar-refractivity contribution in [1.29, 1.82) is 0 Å². The van der Waals surface area contributed by atoms with Crippen LogP contribution in [-0.4, -0.2) is 27.8 Å². The smallest absolute Gasteiger partial charge is 0.211 e. The molecule has 0 aliphatic carbocycles. The Morgan fingerprint density at radius 1 is 1.25 bits per heavy atom. The summed E-state index contributed by atoms with van der Waals surface area (Å²) in [7, 11) is -1.65. The van der Waals surface area contributed by atoms with Gasteiger partial charge in [0.25, 0.3) is 0 Å². The van der Waals surface area contributed by atoms with Gasteiger partial charge in [-0.15, -0.1) is 0 Å². The van der Waals surface area contributed by atoms with Gasteiger partial charge in [0.05, 0.1) is 5.75 Å². The van der Waals surface area contributed by atoms with E-state index in [9.17, 15) is 8.42 Å². The maximum Gasteiger partial charge on any atom is 0.211 e. The molecule has 1 N–H and O–H groups in total. The third-order valence-corrected chi connectivity index (χ3v) is 5.08. The largest absolute Gasteiger partial charge is 0.372 e. The van der Waals surface area contributed by atoms with Crippen LogP contribution in [0, 0.1) is 5.92 Å². The first kappa shape index (κ1) is 17.1. The molecule has 20 heavy (non-hydrogen) atoms. The molecule has 1 aromatic rings. The van der Waals surface area contributed by atoms with Gasteiger partial charge in [-0.05, 0) is 17.9 Å². The van der Waals surface area contributed by atoms with Gasteiger partial charge in [-0.2, -0.15) is 0 Å². The van der Waals surface area contributed by atoms with Crippen LogP contribution in [0.1, 0.15) is 32.8 Å². The van der Waals surface area contributed by atoms with Crippen LogP contribution in [-0.2, 0) is 20.4 Å². The van der Waals surface area contributed by atoms with E-state index in [1.54, 1.807) is 7.11 Å². The number of hydrogen-bond donors (Lipinski definition) is 1. The van der Waals surface area contributed by atoms with E-state index in [0.29, 0.717) is 6.42 Å². The van der Waals surface area contributed by atoms with Crippen LogP contribution in [0.3, 0.4) is 0 Å². The van der Waals surface area contributed by atoms with E-state index in [4.69, 9.17) is 4.74 Å². The zero-order valence-corrected chi connectivity index (χ0v) is 13.5. The summed E-state index contributed by atoms with van der Waals surface area (Å²) >= 11 is 0. The van der Waals surface area contributed by atoms with Crippen LogP contribution in [0.15, 0.2) is 30.3 Å². The molecule has 5 heteroatoms. The van der Waals surface area contributed by atoms with E-state index in [-0.39, 0.29) is 18.2 Å². The number of nitrogens with one attached hydrogen (secondary N) is 1. The second kappa shape index (κ2) is 7.20. The summed E-state index contributed by atoms with van der Waals surface area (Å²) < 4.78 is 32.3. The van der Waals surface area contributed by atoms with Gasteiger partial charge in [-0.1, -0.05) is 51.1 Å². The van der Waals surface area contributed by atoms with Gasteiger partial charge in [0.1, 0.15) is 5.60 Å². The first-order valence-electron chi connectivity index (χ1n) is 6.93. The standard InChI is InChI=1S/C15H25NO3S/c1-5-15(19-4,14-9-7-6-8-10-14)12-16-20(17,18)11-13(2)3/h6-10,13,16H,5,11-12H2,1-4H3. The Kier molecular flexibility index (Phi) is 6.17. The van der Waals surface area contributed by atoms with Gasteiger partial charge in [0, 0.05) is 13.7 Å². The molecule has 1 unspecified atom stereocenters. The number of ether oxygens (including phenoxy) is 1. The average molecular weight is 299 g/mol. The second-order valence-corrected chi connectivity index (χ2v) is 7.27. The molecular weight excluding hydrogens is 274 g/mol. The molecule has 0 bridgehead atoms. The normalized spacial score (nSPS) is 15.2. The summed E-state index contributed by atoms with van der Waals surface area (Å²) in [5.74, 6) is 0.230. The molecule has 0 amide bonds. The summed E-state index contributed by atoms with van der Waals surface area (Å²) in [5, 5.41) is 0. The highest BCUT2D eigenvalue weighted by molar-refractivity contribution is 7.89. The van der Waals surface area contributed by atoms with E-state index in [1.165, 1.54) is 0 Å². The molecule has 0 radical (unpaired) electrons. The zero-order valence-electron chi connectivity index (χ0n) is 12.7. The lowest BCUT2D eigenvalue weighted by Gasteiger charge is -2.32. The van der Waals surface area contributed by atoms with E-state index in [2.05, 4.69) is 4.72 Å². The molecular formula is C15H25NO3S. The molecule has 0 heterocycles. The minimum Gasteiger partial charge on any atom is -0.372 e. The molecule has 0 saturated carbocycles. The Hall–Kier alpha value is -0.910. The van der Waals surface area contributed by atoms with Crippen molar-refractivity contribution >= 4 is 10.0 Å². The topological polar surface area (TPSA) is 55.4 Å². The summed E-state index contributed by atoms with van der Waals surface area (Å²) in [5.41, 5.74) is 0.364. The van der Waals surface area contributed by atoms with Gasteiger partial charge in [-0.3, -0.25) is 0 Å². The third-order valence-electron chi connectivity index (χ3n) is 3.39. The van der Waals surface area contributed by atoms with Crippen molar-refractivity contribution < 1.29 is 13.2 Å². The van der Waals surface area contributed by atoms with Gasteiger partial charge >= 0.3 is 0 Å². The van der Waals surface area contributed by atoms with Gasteiger partial charge in [-0.25, -0.2) is 13.1 Å². The molecule has 1 aromatic carbocycles. The fraction of sp³-hybridized carbons (Fsp3) is 0.600. The second-order valence-electron chi connectivity index (χ2n) is 5.41. The highest BCUT2D eigenvalue weighted by Gasteiger charge is 2.31. The molecule has 0 saturated heterocycles. The molecule has 0 spiro atoms. The molecule has 0 aliphatic rings. The van der Waals surface area contributed by atoms with Crippen molar-refractivity contribution in [3.05, 3.63) is 35.9 Å². The lowest BCUT2D eigenvalue weighted by atomic mass is 9.91. The lowest BCUT2D eigenvalue weighted by Crippen LogP contribution is -2.43. The van der Waals surface area contributed by atoms with Crippen LogP contribution in [0.25, 0.3) is 0 Å². The quantitative estimate of drug-likeness (QED) is 0.802. The highest BCUT2D eigenvalue weighted by Crippen LogP contribution is 2.28. The van der Waals surface area contributed by atoms with Crippen molar-refractivity contribution in [1.82, 2.24) is 4.72 Å². The van der Waals surface area contributed by atoms with Gasteiger partial charge in [0.2, 0.25) is 10.0 Å². The Labute approximate surface area is 122 Å². The lowest BCUT2D eigenvalue weighted by molar-refractivity contribution is -0.0133. The van der Waals surface area contributed by atoms with E-state index in [0.717, 1.165) is 5.56 Å². The minimum absolute atomic E-state index is 0.0998. The number of benzene rings is 1.